The van der Waals surface area contributed by atoms with Gasteiger partial charge in [-0.15, -0.1) is 6.58 Å². The average molecular weight is 191 g/mol. The average Bonchev–Trinajstić information content (AvgIpc) is 2.20. The van der Waals surface area contributed by atoms with E-state index in [1.165, 1.54) is 0 Å². The predicted octanol–water partition coefficient (Wildman–Crippen LogP) is 2.41. The Kier molecular flexibility index (Phi) is 4.20. The summed E-state index contributed by atoms with van der Waals surface area (Å²) >= 11 is 0. The number of rotatable bonds is 5. The summed E-state index contributed by atoms with van der Waals surface area (Å²) in [6.45, 7) is 6.87. The first-order chi connectivity index (χ1) is 6.79. The Bertz CT molecular complexity index is 307. The van der Waals surface area contributed by atoms with Gasteiger partial charge in [0.15, 0.2) is 0 Å². The van der Waals surface area contributed by atoms with Crippen LogP contribution in [0.25, 0.3) is 0 Å². The number of nitrogens with two attached hydrogens (primary N) is 1. The fourth-order valence-electron chi connectivity index (χ4n) is 1.32. The van der Waals surface area contributed by atoms with Crippen LogP contribution >= 0.6 is 0 Å². The van der Waals surface area contributed by atoms with Crippen molar-refractivity contribution < 1.29 is 4.74 Å². The molecule has 2 heteroatoms. The van der Waals surface area contributed by atoms with Crippen LogP contribution in [0.1, 0.15) is 17.5 Å². The lowest BCUT2D eigenvalue weighted by Gasteiger charge is -2.12. The van der Waals surface area contributed by atoms with Crippen molar-refractivity contribution in [2.75, 3.05) is 6.61 Å². The first-order valence-electron chi connectivity index (χ1n) is 4.82. The molecule has 0 aliphatic heterocycles. The van der Waals surface area contributed by atoms with Crippen LogP contribution in [0.3, 0.4) is 0 Å². The van der Waals surface area contributed by atoms with Crippen molar-refractivity contribution >= 4 is 0 Å². The molecule has 2 N–H and O–H groups in total. The molecular formula is C12H17NO. The Morgan fingerprint density at radius 3 is 2.93 bits per heavy atom. The topological polar surface area (TPSA) is 35.2 Å². The Balaban J connectivity index is 2.76. The second-order valence-corrected chi connectivity index (χ2v) is 3.19. The van der Waals surface area contributed by atoms with Gasteiger partial charge in [-0.3, -0.25) is 0 Å². The van der Waals surface area contributed by atoms with E-state index in [1.807, 2.05) is 31.2 Å². The van der Waals surface area contributed by atoms with Gasteiger partial charge in [0.1, 0.15) is 5.75 Å². The minimum atomic E-state index is 0.519. The number of para-hydroxylation sites is 1. The predicted molar refractivity (Wildman–Crippen MR) is 59.4 cm³/mol. The zero-order valence-electron chi connectivity index (χ0n) is 8.62. The highest BCUT2D eigenvalue weighted by atomic mass is 16.5. The van der Waals surface area contributed by atoms with Gasteiger partial charge in [0.2, 0.25) is 0 Å². The zero-order valence-corrected chi connectivity index (χ0v) is 8.62. The summed E-state index contributed by atoms with van der Waals surface area (Å²) in [7, 11) is 0. The third-order valence-electron chi connectivity index (χ3n) is 2.08. The van der Waals surface area contributed by atoms with Crippen LogP contribution in [0.5, 0.6) is 5.75 Å². The Morgan fingerprint density at radius 2 is 2.29 bits per heavy atom. The molecule has 1 rings (SSSR count). The standard InChI is InChI=1S/C12H17NO/c1-3-4-8-14-12-10(2)6-5-7-11(12)9-13/h3,5-7H,1,4,8-9,13H2,2H3. The molecule has 0 radical (unpaired) electrons. The second-order valence-electron chi connectivity index (χ2n) is 3.19. The third kappa shape index (κ3) is 2.60. The van der Waals surface area contributed by atoms with Crippen LogP contribution in [-0.4, -0.2) is 6.61 Å². The Hall–Kier alpha value is -1.28. The molecule has 1 aromatic carbocycles. The van der Waals surface area contributed by atoms with E-state index in [1.54, 1.807) is 0 Å². The van der Waals surface area contributed by atoms with Crippen molar-refractivity contribution in [3.8, 4) is 5.75 Å². The van der Waals surface area contributed by atoms with Crippen LogP contribution in [0.4, 0.5) is 0 Å². The number of aryl methyl sites for hydroxylation is 1. The largest absolute Gasteiger partial charge is 0.493 e. The lowest BCUT2D eigenvalue weighted by Crippen LogP contribution is -2.04. The maximum Gasteiger partial charge on any atom is 0.126 e. The van der Waals surface area contributed by atoms with E-state index in [4.69, 9.17) is 10.5 Å². The van der Waals surface area contributed by atoms with Crippen molar-refractivity contribution in [1.29, 1.82) is 0 Å². The molecule has 0 spiro atoms. The van der Waals surface area contributed by atoms with Crippen LogP contribution in [0, 0.1) is 6.92 Å². The summed E-state index contributed by atoms with van der Waals surface area (Å²) in [5, 5.41) is 0. The molecule has 1 aromatic rings. The normalized spacial score (nSPS) is 9.86. The molecular weight excluding hydrogens is 174 g/mol. The molecule has 0 aliphatic rings. The number of benzene rings is 1. The maximum absolute atomic E-state index is 5.65. The van der Waals surface area contributed by atoms with Gasteiger partial charge >= 0.3 is 0 Å². The molecule has 0 saturated heterocycles. The minimum Gasteiger partial charge on any atom is -0.493 e. The Labute approximate surface area is 85.4 Å². The molecule has 0 atom stereocenters. The van der Waals surface area contributed by atoms with E-state index in [9.17, 15) is 0 Å². The van der Waals surface area contributed by atoms with Gasteiger partial charge in [-0.1, -0.05) is 24.3 Å². The molecule has 0 unspecified atom stereocenters. The number of hydrogen-bond acceptors (Lipinski definition) is 2. The minimum absolute atomic E-state index is 0.519. The highest BCUT2D eigenvalue weighted by Crippen LogP contribution is 2.22. The van der Waals surface area contributed by atoms with E-state index in [-0.39, 0.29) is 0 Å². The summed E-state index contributed by atoms with van der Waals surface area (Å²) < 4.78 is 5.65. The fraction of sp³-hybridized carbons (Fsp3) is 0.333. The van der Waals surface area contributed by atoms with Crippen molar-refractivity contribution in [2.24, 2.45) is 5.73 Å². The van der Waals surface area contributed by atoms with E-state index >= 15 is 0 Å². The van der Waals surface area contributed by atoms with Gasteiger partial charge in [-0.2, -0.15) is 0 Å². The summed E-state index contributed by atoms with van der Waals surface area (Å²) in [6, 6.07) is 6.02. The van der Waals surface area contributed by atoms with Crippen LogP contribution in [0.2, 0.25) is 0 Å². The van der Waals surface area contributed by atoms with E-state index in [0.29, 0.717) is 13.2 Å². The molecule has 0 aliphatic carbocycles. The van der Waals surface area contributed by atoms with Crippen molar-refractivity contribution in [1.82, 2.24) is 0 Å². The molecule has 0 bridgehead atoms. The maximum atomic E-state index is 5.65. The van der Waals surface area contributed by atoms with E-state index < -0.39 is 0 Å². The van der Waals surface area contributed by atoms with Gasteiger partial charge in [0.05, 0.1) is 6.61 Å². The van der Waals surface area contributed by atoms with Crippen LogP contribution in [0.15, 0.2) is 30.9 Å². The van der Waals surface area contributed by atoms with E-state index in [0.717, 1.165) is 23.3 Å². The Morgan fingerprint density at radius 1 is 1.50 bits per heavy atom. The first kappa shape index (κ1) is 10.8. The molecule has 0 amide bonds. The molecule has 0 saturated carbocycles. The summed E-state index contributed by atoms with van der Waals surface area (Å²) in [5.74, 6) is 0.928. The monoisotopic (exact) mass is 191 g/mol. The third-order valence-corrected chi connectivity index (χ3v) is 2.08. The second kappa shape index (κ2) is 5.45. The first-order valence-corrected chi connectivity index (χ1v) is 4.82. The highest BCUT2D eigenvalue weighted by Gasteiger charge is 2.04. The van der Waals surface area contributed by atoms with Crippen molar-refractivity contribution in [3.63, 3.8) is 0 Å². The molecule has 0 heterocycles. The molecule has 14 heavy (non-hydrogen) atoms. The molecule has 2 nitrogen and oxygen atoms in total. The van der Waals surface area contributed by atoms with Gasteiger partial charge in [-0.05, 0) is 18.9 Å². The smallest absolute Gasteiger partial charge is 0.126 e. The summed E-state index contributed by atoms with van der Waals surface area (Å²) in [4.78, 5) is 0. The van der Waals surface area contributed by atoms with Gasteiger partial charge < -0.3 is 10.5 Å². The van der Waals surface area contributed by atoms with Gasteiger partial charge in [0.25, 0.3) is 0 Å². The zero-order chi connectivity index (χ0) is 10.4. The van der Waals surface area contributed by atoms with Crippen molar-refractivity contribution in [2.45, 2.75) is 19.9 Å². The van der Waals surface area contributed by atoms with E-state index in [2.05, 4.69) is 6.58 Å². The highest BCUT2D eigenvalue weighted by molar-refractivity contribution is 5.40. The summed E-state index contributed by atoms with van der Waals surface area (Å²) in [6.07, 6.45) is 2.71. The van der Waals surface area contributed by atoms with Crippen LogP contribution in [-0.2, 0) is 6.54 Å². The molecule has 0 fully saturated rings. The summed E-state index contributed by atoms with van der Waals surface area (Å²) in [5.41, 5.74) is 7.82. The lowest BCUT2D eigenvalue weighted by molar-refractivity contribution is 0.319. The van der Waals surface area contributed by atoms with Crippen molar-refractivity contribution in [3.05, 3.63) is 42.0 Å². The molecule has 76 valence electrons. The SMILES string of the molecule is C=CCCOc1c(C)cccc1CN. The number of ether oxygens (including phenoxy) is 1. The fourth-order valence-corrected chi connectivity index (χ4v) is 1.32. The molecule has 0 aromatic heterocycles. The van der Waals surface area contributed by atoms with Crippen LogP contribution < -0.4 is 10.5 Å². The quantitative estimate of drug-likeness (QED) is 0.573. The number of hydrogen-bond donors (Lipinski definition) is 1. The van der Waals surface area contributed by atoms with Gasteiger partial charge in [-0.25, -0.2) is 0 Å². The lowest BCUT2D eigenvalue weighted by atomic mass is 10.1. The van der Waals surface area contributed by atoms with Gasteiger partial charge in [0, 0.05) is 12.1 Å².